The number of carbonyl (C=O) groups excluding carboxylic acids is 1. The highest BCUT2D eigenvalue weighted by atomic mass is 35.5. The lowest BCUT2D eigenvalue weighted by molar-refractivity contribution is -0.342. The Labute approximate surface area is 112 Å². The van der Waals surface area contributed by atoms with Gasteiger partial charge in [0, 0.05) is 5.02 Å². The molecule has 0 atom stereocenters. The molecule has 2 N–H and O–H groups in total. The molecule has 0 aromatic heterocycles. The van der Waals surface area contributed by atoms with Crippen LogP contribution in [-0.2, 0) is 0 Å². The molecule has 112 valence electrons. The molecule has 1 aromatic rings. The van der Waals surface area contributed by atoms with Crippen LogP contribution in [0, 0.1) is 0 Å². The number of carbonyl (C=O) groups is 1. The number of aliphatic hydroxyl groups is 1. The first-order valence-corrected chi connectivity index (χ1v) is 5.09. The van der Waals surface area contributed by atoms with Crippen molar-refractivity contribution in [2.24, 2.45) is 0 Å². The number of aromatic hydroxyl groups is 1. The van der Waals surface area contributed by atoms with Gasteiger partial charge >= 0.3 is 18.0 Å². The smallest absolute Gasteiger partial charge is 0.434 e. The molecule has 3 nitrogen and oxygen atoms in total. The van der Waals surface area contributed by atoms with E-state index in [-0.39, 0.29) is 0 Å². The monoisotopic (exact) mass is 322 g/mol. The van der Waals surface area contributed by atoms with Crippen LogP contribution in [0.3, 0.4) is 0 Å². The number of phenolic OH excluding ortho intramolecular Hbond substituents is 1. The van der Waals surface area contributed by atoms with Crippen LogP contribution in [0.5, 0.6) is 5.75 Å². The Kier molecular flexibility index (Phi) is 3.99. The predicted molar refractivity (Wildman–Crippen MR) is 54.5 cm³/mol. The lowest BCUT2D eigenvalue weighted by atomic mass is 9.91. The van der Waals surface area contributed by atoms with E-state index in [1.807, 2.05) is 0 Å². The molecule has 0 aliphatic carbocycles. The SMILES string of the molecule is O=C(c1cc(Cl)ccc1O)C(O)(C(F)(F)F)C(F)(F)F. The van der Waals surface area contributed by atoms with Crippen molar-refractivity contribution in [1.82, 2.24) is 0 Å². The van der Waals surface area contributed by atoms with E-state index >= 15 is 0 Å². The van der Waals surface area contributed by atoms with Gasteiger partial charge in [-0.2, -0.15) is 26.3 Å². The Hall–Kier alpha value is -1.48. The van der Waals surface area contributed by atoms with Crippen LogP contribution in [0.2, 0.25) is 5.02 Å². The van der Waals surface area contributed by atoms with Gasteiger partial charge in [-0.1, -0.05) is 11.6 Å². The zero-order valence-corrected chi connectivity index (χ0v) is 9.94. The molecule has 10 heteroatoms. The van der Waals surface area contributed by atoms with Gasteiger partial charge in [0.05, 0.1) is 5.56 Å². The van der Waals surface area contributed by atoms with Crippen molar-refractivity contribution >= 4 is 17.4 Å². The zero-order chi connectivity index (χ0) is 15.9. The molecule has 0 spiro atoms. The van der Waals surface area contributed by atoms with E-state index in [1.165, 1.54) is 0 Å². The third-order valence-electron chi connectivity index (χ3n) is 2.35. The topological polar surface area (TPSA) is 57.5 Å². The molecule has 1 aromatic carbocycles. The molecule has 0 bridgehead atoms. The van der Waals surface area contributed by atoms with Crippen molar-refractivity contribution in [3.05, 3.63) is 28.8 Å². The number of rotatable bonds is 2. The number of hydrogen-bond donors (Lipinski definition) is 2. The minimum Gasteiger partial charge on any atom is -0.507 e. The lowest BCUT2D eigenvalue weighted by Crippen LogP contribution is -2.62. The van der Waals surface area contributed by atoms with Gasteiger partial charge in [-0.05, 0) is 18.2 Å². The second kappa shape index (κ2) is 4.81. The minimum atomic E-state index is -6.32. The summed E-state index contributed by atoms with van der Waals surface area (Å²) in [6, 6.07) is 1.96. The third-order valence-corrected chi connectivity index (χ3v) is 2.59. The first-order chi connectivity index (χ1) is 8.82. The van der Waals surface area contributed by atoms with E-state index in [0.717, 1.165) is 6.07 Å². The van der Waals surface area contributed by atoms with Crippen molar-refractivity contribution in [1.29, 1.82) is 0 Å². The van der Waals surface area contributed by atoms with Gasteiger partial charge in [-0.25, -0.2) is 0 Å². The largest absolute Gasteiger partial charge is 0.507 e. The van der Waals surface area contributed by atoms with E-state index in [1.54, 1.807) is 0 Å². The first kappa shape index (κ1) is 16.6. The molecule has 0 aliphatic heterocycles. The summed E-state index contributed by atoms with van der Waals surface area (Å²) in [5.41, 5.74) is -7.03. The van der Waals surface area contributed by atoms with Gasteiger partial charge in [0.1, 0.15) is 5.75 Å². The normalized spacial score (nSPS) is 13.4. The van der Waals surface area contributed by atoms with E-state index < -0.39 is 40.1 Å². The van der Waals surface area contributed by atoms with Crippen LogP contribution in [0.4, 0.5) is 26.3 Å². The quantitative estimate of drug-likeness (QED) is 0.650. The molecule has 0 amide bonds. The molecule has 0 aliphatic rings. The molecule has 20 heavy (non-hydrogen) atoms. The van der Waals surface area contributed by atoms with Gasteiger partial charge in [0.15, 0.2) is 0 Å². The fourth-order valence-electron chi connectivity index (χ4n) is 1.30. The van der Waals surface area contributed by atoms with Crippen LogP contribution in [0.25, 0.3) is 0 Å². The zero-order valence-electron chi connectivity index (χ0n) is 9.18. The van der Waals surface area contributed by atoms with Gasteiger partial charge in [0.25, 0.3) is 0 Å². The summed E-state index contributed by atoms with van der Waals surface area (Å²) in [5.74, 6) is -3.94. The summed E-state index contributed by atoms with van der Waals surface area (Å²) in [6.45, 7) is 0. The van der Waals surface area contributed by atoms with Gasteiger partial charge < -0.3 is 10.2 Å². The Morgan fingerprint density at radius 2 is 1.50 bits per heavy atom. The predicted octanol–water partition coefficient (Wildman–Crippen LogP) is 3.08. The average Bonchev–Trinajstić information content (AvgIpc) is 2.27. The van der Waals surface area contributed by atoms with E-state index in [0.29, 0.717) is 12.1 Å². The second-order valence-corrected chi connectivity index (χ2v) is 4.13. The number of ketones is 1. The minimum absolute atomic E-state index is 0.391. The maximum atomic E-state index is 12.5. The maximum Gasteiger partial charge on any atom is 0.434 e. The highest BCUT2D eigenvalue weighted by molar-refractivity contribution is 6.31. The molecular weight excluding hydrogens is 318 g/mol. The van der Waals surface area contributed by atoms with Crippen LogP contribution in [0.1, 0.15) is 10.4 Å². The van der Waals surface area contributed by atoms with Crippen molar-refractivity contribution in [3.63, 3.8) is 0 Å². The summed E-state index contributed by atoms with van der Waals surface area (Å²) in [4.78, 5) is 11.4. The Balaban J connectivity index is 3.52. The fraction of sp³-hybridized carbons (Fsp3) is 0.300. The molecule has 0 heterocycles. The fourth-order valence-corrected chi connectivity index (χ4v) is 1.48. The average molecular weight is 323 g/mol. The van der Waals surface area contributed by atoms with E-state index in [9.17, 15) is 36.2 Å². The van der Waals surface area contributed by atoms with Crippen molar-refractivity contribution < 1.29 is 41.4 Å². The molecule has 0 fully saturated rings. The van der Waals surface area contributed by atoms with Crippen LogP contribution < -0.4 is 0 Å². The van der Waals surface area contributed by atoms with E-state index in [2.05, 4.69) is 0 Å². The maximum absolute atomic E-state index is 12.5. The summed E-state index contributed by atoms with van der Waals surface area (Å²) >= 11 is 5.33. The van der Waals surface area contributed by atoms with Gasteiger partial charge in [-0.3, -0.25) is 4.79 Å². The number of hydrogen-bond acceptors (Lipinski definition) is 3. The number of phenols is 1. The molecule has 0 unspecified atom stereocenters. The Bertz CT molecular complexity index is 523. The van der Waals surface area contributed by atoms with Crippen molar-refractivity contribution in [3.8, 4) is 5.75 Å². The standard InChI is InChI=1S/C10H5ClF6O3/c11-4-1-2-6(18)5(3-4)7(19)8(20,9(12,13)14)10(15,16)17/h1-3,18,20H. The van der Waals surface area contributed by atoms with Crippen LogP contribution >= 0.6 is 11.6 Å². The number of benzene rings is 1. The number of Topliss-reactive ketones (excluding diaryl/α,β-unsaturated/α-hetero) is 1. The molecular formula is C10H5ClF6O3. The highest BCUT2D eigenvalue weighted by Gasteiger charge is 2.75. The molecule has 0 saturated carbocycles. The van der Waals surface area contributed by atoms with E-state index in [4.69, 9.17) is 16.7 Å². The molecule has 1 rings (SSSR count). The molecule has 0 radical (unpaired) electrons. The first-order valence-electron chi connectivity index (χ1n) is 4.71. The summed E-state index contributed by atoms with van der Waals surface area (Å²) in [6.07, 6.45) is -12.6. The van der Waals surface area contributed by atoms with Gasteiger partial charge in [-0.15, -0.1) is 0 Å². The summed E-state index contributed by atoms with van der Waals surface area (Å²) in [5, 5.41) is 17.7. The van der Waals surface area contributed by atoms with Gasteiger partial charge in [0.2, 0.25) is 5.78 Å². The lowest BCUT2D eigenvalue weighted by Gasteiger charge is -2.30. The van der Waals surface area contributed by atoms with Crippen LogP contribution in [-0.4, -0.2) is 33.9 Å². The third kappa shape index (κ3) is 2.55. The second-order valence-electron chi connectivity index (χ2n) is 3.70. The number of halogens is 7. The van der Waals surface area contributed by atoms with Crippen LogP contribution in [0.15, 0.2) is 18.2 Å². The van der Waals surface area contributed by atoms with Crippen molar-refractivity contribution in [2.75, 3.05) is 0 Å². The number of alkyl halides is 6. The summed E-state index contributed by atoms with van der Waals surface area (Å²) < 4.78 is 74.8. The highest BCUT2D eigenvalue weighted by Crippen LogP contribution is 2.46. The Morgan fingerprint density at radius 1 is 1.05 bits per heavy atom. The molecule has 0 saturated heterocycles. The summed E-state index contributed by atoms with van der Waals surface area (Å²) in [7, 11) is 0. The van der Waals surface area contributed by atoms with Crippen molar-refractivity contribution in [2.45, 2.75) is 18.0 Å². The Morgan fingerprint density at radius 3 is 1.90 bits per heavy atom.